The van der Waals surface area contributed by atoms with Gasteiger partial charge < -0.3 is 0 Å². The van der Waals surface area contributed by atoms with Crippen LogP contribution in [0.2, 0.25) is 0 Å². The fourth-order valence-electron chi connectivity index (χ4n) is 5.41. The molecule has 0 N–H and O–H groups in total. The van der Waals surface area contributed by atoms with E-state index in [1.165, 1.54) is 44.1 Å². The maximum atomic E-state index is 9.00. The average Bonchev–Trinajstić information content (AvgIpc) is 2.76. The Morgan fingerprint density at radius 1 is 1.17 bits per heavy atom. The molecule has 0 aromatic carbocycles. The van der Waals surface area contributed by atoms with Crippen molar-refractivity contribution in [2.24, 2.45) is 17.8 Å². The molecule has 1 aromatic rings. The first-order chi connectivity index (χ1) is 8.79. The Morgan fingerprint density at radius 3 is 2.33 bits per heavy atom. The SMILES string of the molecule is N#CCc1ccsc1C12CC3CC(CC(C3)C1)C2. The predicted molar refractivity (Wildman–Crippen MR) is 73.5 cm³/mol. The molecule has 0 atom stereocenters. The molecule has 4 bridgehead atoms. The summed E-state index contributed by atoms with van der Waals surface area (Å²) in [6, 6.07) is 4.55. The van der Waals surface area contributed by atoms with Crippen LogP contribution in [0.4, 0.5) is 0 Å². The van der Waals surface area contributed by atoms with E-state index in [4.69, 9.17) is 5.26 Å². The van der Waals surface area contributed by atoms with Crippen LogP contribution >= 0.6 is 11.3 Å². The topological polar surface area (TPSA) is 23.8 Å². The molecule has 1 nitrogen and oxygen atoms in total. The summed E-state index contributed by atoms with van der Waals surface area (Å²) >= 11 is 1.93. The summed E-state index contributed by atoms with van der Waals surface area (Å²) in [4.78, 5) is 1.59. The number of rotatable bonds is 2. The smallest absolute Gasteiger partial charge is 0.0670 e. The minimum absolute atomic E-state index is 0.481. The van der Waals surface area contributed by atoms with Gasteiger partial charge in [-0.15, -0.1) is 11.3 Å². The van der Waals surface area contributed by atoms with Gasteiger partial charge in [0.2, 0.25) is 0 Å². The highest BCUT2D eigenvalue weighted by atomic mass is 32.1. The first-order valence-corrected chi connectivity index (χ1v) is 8.11. The summed E-state index contributed by atoms with van der Waals surface area (Å²) in [6.45, 7) is 0. The van der Waals surface area contributed by atoms with Gasteiger partial charge in [-0.05, 0) is 73.3 Å². The Labute approximate surface area is 113 Å². The summed E-state index contributed by atoms with van der Waals surface area (Å²) in [5.74, 6) is 2.98. The van der Waals surface area contributed by atoms with Gasteiger partial charge in [-0.25, -0.2) is 0 Å². The van der Waals surface area contributed by atoms with Crippen molar-refractivity contribution < 1.29 is 0 Å². The van der Waals surface area contributed by atoms with E-state index in [0.29, 0.717) is 11.8 Å². The van der Waals surface area contributed by atoms with Crippen LogP contribution in [0, 0.1) is 29.1 Å². The lowest BCUT2D eigenvalue weighted by atomic mass is 9.49. The zero-order valence-electron chi connectivity index (χ0n) is 10.7. The average molecular weight is 257 g/mol. The van der Waals surface area contributed by atoms with E-state index in [0.717, 1.165) is 17.8 Å². The Bertz CT molecular complexity index is 472. The third-order valence-corrected chi connectivity index (χ3v) is 6.74. The van der Waals surface area contributed by atoms with E-state index in [-0.39, 0.29) is 0 Å². The second-order valence-electron chi connectivity index (χ2n) is 6.81. The van der Waals surface area contributed by atoms with Gasteiger partial charge >= 0.3 is 0 Å². The van der Waals surface area contributed by atoms with Crippen molar-refractivity contribution in [1.29, 1.82) is 5.26 Å². The second-order valence-corrected chi connectivity index (χ2v) is 7.72. The number of hydrogen-bond donors (Lipinski definition) is 0. The Kier molecular flexibility index (Phi) is 2.36. The number of hydrogen-bond acceptors (Lipinski definition) is 2. The van der Waals surface area contributed by atoms with Crippen LogP contribution in [0.15, 0.2) is 11.4 Å². The lowest BCUT2D eigenvalue weighted by Gasteiger charge is -2.56. The highest BCUT2D eigenvalue weighted by molar-refractivity contribution is 7.10. The molecule has 4 aliphatic rings. The summed E-state index contributed by atoms with van der Waals surface area (Å²) in [5, 5.41) is 11.2. The molecule has 18 heavy (non-hydrogen) atoms. The molecule has 2 heteroatoms. The Morgan fingerprint density at radius 2 is 1.78 bits per heavy atom. The zero-order chi connectivity index (χ0) is 12.2. The molecule has 0 spiro atoms. The van der Waals surface area contributed by atoms with Crippen molar-refractivity contribution >= 4 is 11.3 Å². The fourth-order valence-corrected chi connectivity index (χ4v) is 6.57. The number of nitriles is 1. The van der Waals surface area contributed by atoms with Gasteiger partial charge in [-0.1, -0.05) is 0 Å². The maximum absolute atomic E-state index is 9.00. The molecule has 94 valence electrons. The predicted octanol–water partition coefficient (Wildman–Crippen LogP) is 4.28. The van der Waals surface area contributed by atoms with Gasteiger partial charge in [0.05, 0.1) is 12.5 Å². The van der Waals surface area contributed by atoms with Crippen molar-refractivity contribution in [3.63, 3.8) is 0 Å². The normalized spacial score (nSPS) is 40.9. The molecule has 5 rings (SSSR count). The van der Waals surface area contributed by atoms with E-state index in [2.05, 4.69) is 17.5 Å². The molecule has 4 fully saturated rings. The Hall–Kier alpha value is -0.810. The number of thiophene rings is 1. The maximum Gasteiger partial charge on any atom is 0.0670 e. The molecule has 0 amide bonds. The van der Waals surface area contributed by atoms with Crippen LogP contribution in [-0.2, 0) is 11.8 Å². The first-order valence-electron chi connectivity index (χ1n) is 7.23. The highest BCUT2D eigenvalue weighted by Crippen LogP contribution is 2.61. The van der Waals surface area contributed by atoms with Gasteiger partial charge in [-0.2, -0.15) is 5.26 Å². The van der Waals surface area contributed by atoms with Crippen LogP contribution in [0.25, 0.3) is 0 Å². The summed E-state index contributed by atoms with van der Waals surface area (Å²) < 4.78 is 0. The standard InChI is InChI=1S/C16H19NS/c17-3-1-14-2-4-18-15(14)16-8-11-5-12(9-16)7-13(6-11)10-16/h2,4,11-13H,1,5-10H2. The molecule has 0 saturated heterocycles. The zero-order valence-corrected chi connectivity index (χ0v) is 11.5. The number of nitrogens with zero attached hydrogens (tertiary/aromatic N) is 1. The third-order valence-electron chi connectivity index (χ3n) is 5.54. The largest absolute Gasteiger partial charge is 0.198 e. The molecule has 0 radical (unpaired) electrons. The van der Waals surface area contributed by atoms with Crippen LogP contribution in [-0.4, -0.2) is 0 Å². The Balaban J connectivity index is 1.75. The van der Waals surface area contributed by atoms with Crippen molar-refractivity contribution in [3.8, 4) is 6.07 Å². The van der Waals surface area contributed by atoms with E-state index in [1.54, 1.807) is 4.88 Å². The van der Waals surface area contributed by atoms with Crippen molar-refractivity contribution in [2.75, 3.05) is 0 Å². The van der Waals surface area contributed by atoms with E-state index >= 15 is 0 Å². The van der Waals surface area contributed by atoms with Gasteiger partial charge in [-0.3, -0.25) is 0 Å². The molecule has 0 unspecified atom stereocenters. The second kappa shape index (κ2) is 3.84. The van der Waals surface area contributed by atoms with Crippen molar-refractivity contribution in [2.45, 2.75) is 50.4 Å². The fraction of sp³-hybridized carbons (Fsp3) is 0.688. The van der Waals surface area contributed by atoms with Crippen LogP contribution in [0.3, 0.4) is 0 Å². The molecule has 4 aliphatic carbocycles. The summed E-state index contributed by atoms with van der Waals surface area (Å²) in [6.07, 6.45) is 9.35. The van der Waals surface area contributed by atoms with E-state index < -0.39 is 0 Å². The molecule has 1 aromatic heterocycles. The van der Waals surface area contributed by atoms with Gasteiger partial charge in [0.1, 0.15) is 0 Å². The lowest BCUT2D eigenvalue weighted by Crippen LogP contribution is -2.48. The molecular formula is C16H19NS. The first kappa shape index (κ1) is 11.1. The van der Waals surface area contributed by atoms with Crippen molar-refractivity contribution in [3.05, 3.63) is 21.9 Å². The van der Waals surface area contributed by atoms with E-state index in [1.807, 2.05) is 11.3 Å². The monoisotopic (exact) mass is 257 g/mol. The minimum atomic E-state index is 0.481. The lowest BCUT2D eigenvalue weighted by molar-refractivity contribution is -0.00376. The van der Waals surface area contributed by atoms with E-state index in [9.17, 15) is 0 Å². The quantitative estimate of drug-likeness (QED) is 0.775. The van der Waals surface area contributed by atoms with Crippen LogP contribution < -0.4 is 0 Å². The van der Waals surface area contributed by atoms with Crippen molar-refractivity contribution in [1.82, 2.24) is 0 Å². The van der Waals surface area contributed by atoms with Gasteiger partial charge in [0, 0.05) is 10.3 Å². The molecule has 0 aliphatic heterocycles. The minimum Gasteiger partial charge on any atom is -0.198 e. The summed E-state index contributed by atoms with van der Waals surface area (Å²) in [7, 11) is 0. The summed E-state index contributed by atoms with van der Waals surface area (Å²) in [5.41, 5.74) is 1.82. The molecule has 4 saturated carbocycles. The molecule has 1 heterocycles. The highest BCUT2D eigenvalue weighted by Gasteiger charge is 2.52. The molecular weight excluding hydrogens is 238 g/mol. The van der Waals surface area contributed by atoms with Crippen LogP contribution in [0.1, 0.15) is 49.0 Å². The third kappa shape index (κ3) is 1.50. The van der Waals surface area contributed by atoms with Gasteiger partial charge in [0.15, 0.2) is 0 Å². The van der Waals surface area contributed by atoms with Gasteiger partial charge in [0.25, 0.3) is 0 Å². The van der Waals surface area contributed by atoms with Crippen LogP contribution in [0.5, 0.6) is 0 Å².